The van der Waals surface area contributed by atoms with E-state index in [0.717, 1.165) is 37.9 Å². The highest BCUT2D eigenvalue weighted by atomic mass is 32.2. The smallest absolute Gasteiger partial charge is 0.211 e. The highest BCUT2D eigenvalue weighted by Gasteiger charge is 2.36. The number of rotatable bonds is 5. The van der Waals surface area contributed by atoms with Crippen molar-refractivity contribution in [1.29, 1.82) is 0 Å². The summed E-state index contributed by atoms with van der Waals surface area (Å²) < 4.78 is 26.6. The number of likely N-dealkylation sites (tertiary alicyclic amines) is 1. The Bertz CT molecular complexity index is 639. The lowest BCUT2D eigenvalue weighted by Crippen LogP contribution is -2.49. The molecule has 0 radical (unpaired) electrons. The molecule has 0 saturated carbocycles. The van der Waals surface area contributed by atoms with Gasteiger partial charge in [-0.1, -0.05) is 31.2 Å². The van der Waals surface area contributed by atoms with Crippen LogP contribution in [-0.2, 0) is 16.4 Å². The zero-order chi connectivity index (χ0) is 16.4. The molecule has 6 heteroatoms. The van der Waals surface area contributed by atoms with Crippen molar-refractivity contribution < 1.29 is 13.5 Å². The van der Waals surface area contributed by atoms with E-state index in [0.29, 0.717) is 6.42 Å². The van der Waals surface area contributed by atoms with E-state index >= 15 is 0 Å². The van der Waals surface area contributed by atoms with Gasteiger partial charge in [-0.05, 0) is 36.8 Å². The molecule has 0 unspecified atom stereocenters. The normalized spacial score (nSPS) is 26.3. The summed E-state index contributed by atoms with van der Waals surface area (Å²) in [7, 11) is -3.14. The summed E-state index contributed by atoms with van der Waals surface area (Å²) in [5.74, 6) is 0.198. The summed E-state index contributed by atoms with van der Waals surface area (Å²) in [6.07, 6.45) is 2.70. The summed E-state index contributed by atoms with van der Waals surface area (Å²) in [6.45, 7) is 3.53. The van der Waals surface area contributed by atoms with Crippen LogP contribution in [-0.4, -0.2) is 49.4 Å². The Balaban J connectivity index is 1.56. The summed E-state index contributed by atoms with van der Waals surface area (Å²) in [6, 6.07) is 8.24. The zero-order valence-corrected chi connectivity index (χ0v) is 14.4. The largest absolute Gasteiger partial charge is 0.387 e. The number of hydrogen-bond donors (Lipinski definition) is 2. The Morgan fingerprint density at radius 3 is 2.61 bits per heavy atom. The zero-order valence-electron chi connectivity index (χ0n) is 13.6. The highest BCUT2D eigenvalue weighted by Crippen LogP contribution is 2.35. The van der Waals surface area contributed by atoms with Gasteiger partial charge in [0.25, 0.3) is 0 Å². The Hall–Kier alpha value is -0.950. The van der Waals surface area contributed by atoms with Crippen LogP contribution in [0.2, 0.25) is 0 Å². The van der Waals surface area contributed by atoms with Crippen LogP contribution in [0.1, 0.15) is 43.4 Å². The van der Waals surface area contributed by atoms with Crippen LogP contribution < -0.4 is 4.72 Å². The summed E-state index contributed by atoms with van der Waals surface area (Å²) >= 11 is 0. The molecule has 3 rings (SSSR count). The molecule has 1 fully saturated rings. The predicted octanol–water partition coefficient (Wildman–Crippen LogP) is 1.44. The van der Waals surface area contributed by atoms with Gasteiger partial charge < -0.3 is 5.11 Å². The highest BCUT2D eigenvalue weighted by molar-refractivity contribution is 7.89. The molecule has 1 heterocycles. The lowest BCUT2D eigenvalue weighted by molar-refractivity contribution is 0.0451. The number of benzene rings is 1. The van der Waals surface area contributed by atoms with E-state index in [1.165, 1.54) is 5.56 Å². The second-order valence-corrected chi connectivity index (χ2v) is 8.54. The van der Waals surface area contributed by atoms with Gasteiger partial charge in [0.2, 0.25) is 10.0 Å². The molecule has 23 heavy (non-hydrogen) atoms. The van der Waals surface area contributed by atoms with E-state index in [-0.39, 0.29) is 17.8 Å². The summed E-state index contributed by atoms with van der Waals surface area (Å²) in [4.78, 5) is 2.31. The van der Waals surface area contributed by atoms with Gasteiger partial charge in [0.05, 0.1) is 11.9 Å². The number of fused-ring (bicyclic) bond motifs is 1. The Morgan fingerprint density at radius 1 is 1.26 bits per heavy atom. The van der Waals surface area contributed by atoms with Gasteiger partial charge in [-0.3, -0.25) is 4.90 Å². The van der Waals surface area contributed by atoms with Crippen LogP contribution in [0.3, 0.4) is 0 Å². The molecule has 0 aromatic heterocycles. The molecular formula is C17H26N2O3S. The van der Waals surface area contributed by atoms with Gasteiger partial charge >= 0.3 is 0 Å². The van der Waals surface area contributed by atoms with Crippen LogP contribution in [0, 0.1) is 0 Å². The van der Waals surface area contributed by atoms with Crippen molar-refractivity contribution in [1.82, 2.24) is 9.62 Å². The maximum absolute atomic E-state index is 11.9. The first kappa shape index (κ1) is 16.9. The molecule has 0 bridgehead atoms. The maximum Gasteiger partial charge on any atom is 0.211 e. The second kappa shape index (κ2) is 6.89. The number of aliphatic hydroxyl groups is 1. The number of nitrogens with zero attached hydrogens (tertiary/aromatic N) is 1. The van der Waals surface area contributed by atoms with Crippen LogP contribution in [0.15, 0.2) is 24.3 Å². The molecule has 2 atom stereocenters. The fourth-order valence-electron chi connectivity index (χ4n) is 3.81. The van der Waals surface area contributed by atoms with Crippen LogP contribution >= 0.6 is 0 Å². The van der Waals surface area contributed by atoms with Crippen LogP contribution in [0.5, 0.6) is 0 Å². The molecular weight excluding hydrogens is 312 g/mol. The lowest BCUT2D eigenvalue weighted by Gasteiger charge is -2.37. The first-order chi connectivity index (χ1) is 11.0. The van der Waals surface area contributed by atoms with E-state index < -0.39 is 16.1 Å². The molecule has 1 aliphatic heterocycles. The average Bonchev–Trinajstić information content (AvgIpc) is 2.85. The third-order valence-electron chi connectivity index (χ3n) is 4.98. The first-order valence-corrected chi connectivity index (χ1v) is 10.2. The topological polar surface area (TPSA) is 69.6 Å². The summed E-state index contributed by atoms with van der Waals surface area (Å²) in [5, 5.41) is 10.6. The van der Waals surface area contributed by atoms with Crippen molar-refractivity contribution in [2.24, 2.45) is 0 Å². The van der Waals surface area contributed by atoms with Crippen LogP contribution in [0.25, 0.3) is 0 Å². The Kier molecular flexibility index (Phi) is 5.06. The predicted molar refractivity (Wildman–Crippen MR) is 90.7 cm³/mol. The van der Waals surface area contributed by atoms with Crippen molar-refractivity contribution in [3.05, 3.63) is 35.4 Å². The lowest BCUT2D eigenvalue weighted by atomic mass is 10.0. The Morgan fingerprint density at radius 2 is 1.96 bits per heavy atom. The molecule has 1 aromatic carbocycles. The van der Waals surface area contributed by atoms with Crippen molar-refractivity contribution in [3.8, 4) is 0 Å². The van der Waals surface area contributed by atoms with E-state index in [9.17, 15) is 13.5 Å². The van der Waals surface area contributed by atoms with Gasteiger partial charge in [-0.15, -0.1) is 0 Å². The molecule has 0 spiro atoms. The standard InChI is InChI=1S/C17H26N2O3S/c1-2-11-23(21,22)18-14-7-9-19(10-8-14)16-12-13-5-3-4-6-15(13)17(16)20/h3-6,14,16-18,20H,2,7-12H2,1H3/t16-,17-/m1/s1. The van der Waals surface area contributed by atoms with E-state index in [2.05, 4.69) is 15.7 Å². The number of piperidine rings is 1. The quantitative estimate of drug-likeness (QED) is 0.852. The third-order valence-corrected chi connectivity index (χ3v) is 6.62. The molecule has 1 aromatic rings. The molecule has 5 nitrogen and oxygen atoms in total. The van der Waals surface area contributed by atoms with E-state index in [1.807, 2.05) is 25.1 Å². The number of sulfonamides is 1. The van der Waals surface area contributed by atoms with Crippen LogP contribution in [0.4, 0.5) is 0 Å². The SMILES string of the molecule is CCCS(=O)(=O)NC1CCN([C@@H]2Cc3ccccc3[C@H]2O)CC1. The minimum Gasteiger partial charge on any atom is -0.387 e. The van der Waals surface area contributed by atoms with Crippen molar-refractivity contribution in [2.45, 2.75) is 50.8 Å². The fraction of sp³-hybridized carbons (Fsp3) is 0.647. The fourth-order valence-corrected chi connectivity index (χ4v) is 5.21. The van der Waals surface area contributed by atoms with Crippen molar-refractivity contribution in [3.63, 3.8) is 0 Å². The average molecular weight is 338 g/mol. The van der Waals surface area contributed by atoms with Crippen molar-refractivity contribution in [2.75, 3.05) is 18.8 Å². The maximum atomic E-state index is 11.9. The third kappa shape index (κ3) is 3.76. The van der Waals surface area contributed by atoms with Gasteiger partial charge in [0, 0.05) is 25.2 Å². The first-order valence-electron chi connectivity index (χ1n) is 8.50. The number of aliphatic hydroxyl groups excluding tert-OH is 1. The minimum atomic E-state index is -3.14. The molecule has 1 aliphatic carbocycles. The summed E-state index contributed by atoms with van der Waals surface area (Å²) in [5.41, 5.74) is 2.28. The van der Waals surface area contributed by atoms with Gasteiger partial charge in [0.15, 0.2) is 0 Å². The molecule has 2 aliphatic rings. The van der Waals surface area contributed by atoms with Gasteiger partial charge in [0.1, 0.15) is 0 Å². The molecule has 0 amide bonds. The second-order valence-electron chi connectivity index (χ2n) is 6.66. The molecule has 1 saturated heterocycles. The van der Waals surface area contributed by atoms with E-state index in [4.69, 9.17) is 0 Å². The van der Waals surface area contributed by atoms with Gasteiger partial charge in [-0.2, -0.15) is 0 Å². The van der Waals surface area contributed by atoms with E-state index in [1.54, 1.807) is 0 Å². The molecule has 2 N–H and O–H groups in total. The number of nitrogens with one attached hydrogen (secondary N) is 1. The van der Waals surface area contributed by atoms with Gasteiger partial charge in [-0.25, -0.2) is 13.1 Å². The minimum absolute atomic E-state index is 0.0312. The van der Waals surface area contributed by atoms with Crippen molar-refractivity contribution >= 4 is 10.0 Å². The number of hydrogen-bond acceptors (Lipinski definition) is 4. The molecule has 128 valence electrons. The Labute approximate surface area is 138 Å². The monoisotopic (exact) mass is 338 g/mol.